The summed E-state index contributed by atoms with van der Waals surface area (Å²) < 4.78 is 3.76. The highest BCUT2D eigenvalue weighted by atomic mass is 16.1. The summed E-state index contributed by atoms with van der Waals surface area (Å²) >= 11 is 0. The first kappa shape index (κ1) is 20.6. The van der Waals surface area contributed by atoms with E-state index in [1.807, 2.05) is 79.5 Å². The number of carbonyl (C=O) groups is 1. The molecule has 0 unspecified atom stereocenters. The van der Waals surface area contributed by atoms with Crippen molar-refractivity contribution in [2.75, 3.05) is 5.32 Å². The maximum absolute atomic E-state index is 13.2. The van der Waals surface area contributed by atoms with Gasteiger partial charge in [-0.2, -0.15) is 10.2 Å². The normalized spacial score (nSPS) is 11.0. The van der Waals surface area contributed by atoms with Crippen molar-refractivity contribution in [3.8, 4) is 5.69 Å². The molecule has 6 heteroatoms. The van der Waals surface area contributed by atoms with E-state index in [1.54, 1.807) is 0 Å². The molecule has 0 spiro atoms. The van der Waals surface area contributed by atoms with Crippen LogP contribution in [0, 0.1) is 34.6 Å². The van der Waals surface area contributed by atoms with Gasteiger partial charge in [-0.05, 0) is 57.9 Å². The van der Waals surface area contributed by atoms with Crippen molar-refractivity contribution in [2.45, 2.75) is 41.2 Å². The van der Waals surface area contributed by atoms with Crippen LogP contribution in [0.3, 0.4) is 0 Å². The number of amides is 1. The molecular weight excluding hydrogens is 386 g/mol. The third-order valence-electron chi connectivity index (χ3n) is 5.72. The van der Waals surface area contributed by atoms with E-state index in [-0.39, 0.29) is 5.91 Å². The third kappa shape index (κ3) is 3.89. The number of aryl methyl sites for hydroxylation is 3. The SMILES string of the molecule is Cc1ccccc1Cn1nc(C)c(NC(=O)c2c(C)nn(-c3ccccc3)c2C)c1C. The topological polar surface area (TPSA) is 64.7 Å². The Hall–Kier alpha value is -3.67. The Kier molecular flexibility index (Phi) is 5.46. The molecular formula is C25H27N5O. The van der Waals surface area contributed by atoms with Crippen LogP contribution in [0.4, 0.5) is 5.69 Å². The summed E-state index contributed by atoms with van der Waals surface area (Å²) in [6.07, 6.45) is 0. The minimum atomic E-state index is -0.168. The Labute approximate surface area is 182 Å². The van der Waals surface area contributed by atoms with Crippen LogP contribution in [0.2, 0.25) is 0 Å². The van der Waals surface area contributed by atoms with E-state index in [9.17, 15) is 4.79 Å². The highest BCUT2D eigenvalue weighted by molar-refractivity contribution is 6.06. The summed E-state index contributed by atoms with van der Waals surface area (Å²) in [5.41, 5.74) is 7.94. The standard InChI is InChI=1S/C25H27N5O/c1-16-11-9-10-12-21(16)15-29-20(5)24(18(3)27-29)26-25(31)23-17(2)28-30(19(23)4)22-13-7-6-8-14-22/h6-14H,15H2,1-5H3,(H,26,31). The minimum absolute atomic E-state index is 0.168. The van der Waals surface area contributed by atoms with Crippen LogP contribution >= 0.6 is 0 Å². The number of anilines is 1. The van der Waals surface area contributed by atoms with Gasteiger partial charge in [-0.3, -0.25) is 9.48 Å². The lowest BCUT2D eigenvalue weighted by Crippen LogP contribution is -2.15. The van der Waals surface area contributed by atoms with Crippen LogP contribution in [-0.4, -0.2) is 25.5 Å². The van der Waals surface area contributed by atoms with Crippen LogP contribution in [0.15, 0.2) is 54.6 Å². The lowest BCUT2D eigenvalue weighted by Gasteiger charge is -2.09. The highest BCUT2D eigenvalue weighted by Gasteiger charge is 2.22. The van der Waals surface area contributed by atoms with Gasteiger partial charge < -0.3 is 5.32 Å². The number of nitrogens with one attached hydrogen (secondary N) is 1. The number of aromatic nitrogens is 4. The van der Waals surface area contributed by atoms with Gasteiger partial charge in [0.15, 0.2) is 0 Å². The number of benzene rings is 2. The highest BCUT2D eigenvalue weighted by Crippen LogP contribution is 2.24. The first-order chi connectivity index (χ1) is 14.9. The van der Waals surface area contributed by atoms with Crippen molar-refractivity contribution in [1.82, 2.24) is 19.6 Å². The van der Waals surface area contributed by atoms with Gasteiger partial charge in [-0.15, -0.1) is 0 Å². The summed E-state index contributed by atoms with van der Waals surface area (Å²) in [5.74, 6) is -0.168. The van der Waals surface area contributed by atoms with Crippen molar-refractivity contribution in [1.29, 1.82) is 0 Å². The van der Waals surface area contributed by atoms with Crippen molar-refractivity contribution in [2.24, 2.45) is 0 Å². The van der Waals surface area contributed by atoms with Gasteiger partial charge in [0.1, 0.15) is 0 Å². The first-order valence-corrected chi connectivity index (χ1v) is 10.4. The molecule has 1 amide bonds. The summed E-state index contributed by atoms with van der Waals surface area (Å²) in [6, 6.07) is 18.1. The van der Waals surface area contributed by atoms with E-state index in [0.717, 1.165) is 28.5 Å². The van der Waals surface area contributed by atoms with Gasteiger partial charge in [-0.25, -0.2) is 4.68 Å². The lowest BCUT2D eigenvalue weighted by atomic mass is 10.1. The maximum atomic E-state index is 13.2. The largest absolute Gasteiger partial charge is 0.319 e. The van der Waals surface area contributed by atoms with Crippen molar-refractivity contribution in [3.05, 3.63) is 94.1 Å². The van der Waals surface area contributed by atoms with Gasteiger partial charge in [0.05, 0.1) is 46.3 Å². The fraction of sp³-hybridized carbons (Fsp3) is 0.240. The Morgan fingerprint density at radius 2 is 1.52 bits per heavy atom. The molecule has 0 atom stereocenters. The average Bonchev–Trinajstić information content (AvgIpc) is 3.20. The molecule has 31 heavy (non-hydrogen) atoms. The molecule has 0 fully saturated rings. The molecule has 0 aliphatic rings. The summed E-state index contributed by atoms with van der Waals surface area (Å²) in [6.45, 7) is 10.5. The van der Waals surface area contributed by atoms with E-state index < -0.39 is 0 Å². The van der Waals surface area contributed by atoms with Gasteiger partial charge in [0.2, 0.25) is 0 Å². The smallest absolute Gasteiger partial charge is 0.259 e. The van der Waals surface area contributed by atoms with Gasteiger partial charge in [0.25, 0.3) is 5.91 Å². The quantitative estimate of drug-likeness (QED) is 0.505. The summed E-state index contributed by atoms with van der Waals surface area (Å²) in [5, 5.41) is 12.4. The fourth-order valence-corrected chi connectivity index (χ4v) is 3.95. The molecule has 0 aliphatic heterocycles. The third-order valence-corrected chi connectivity index (χ3v) is 5.72. The van der Waals surface area contributed by atoms with Gasteiger partial charge >= 0.3 is 0 Å². The average molecular weight is 414 g/mol. The number of nitrogens with zero attached hydrogens (tertiary/aromatic N) is 4. The molecule has 0 saturated heterocycles. The Morgan fingerprint density at radius 3 is 2.23 bits per heavy atom. The van der Waals surface area contributed by atoms with Gasteiger partial charge in [0, 0.05) is 0 Å². The molecule has 6 nitrogen and oxygen atoms in total. The molecule has 4 aromatic rings. The molecule has 4 rings (SSSR count). The predicted molar refractivity (Wildman–Crippen MR) is 123 cm³/mol. The molecule has 1 N–H and O–H groups in total. The number of hydrogen-bond acceptors (Lipinski definition) is 3. The van der Waals surface area contributed by atoms with Gasteiger partial charge in [-0.1, -0.05) is 42.5 Å². The van der Waals surface area contributed by atoms with E-state index >= 15 is 0 Å². The Balaban J connectivity index is 1.62. The molecule has 2 heterocycles. The zero-order valence-corrected chi connectivity index (χ0v) is 18.6. The van der Waals surface area contributed by atoms with Crippen LogP contribution in [-0.2, 0) is 6.54 Å². The molecule has 0 saturated carbocycles. The zero-order chi connectivity index (χ0) is 22.1. The second-order valence-electron chi connectivity index (χ2n) is 7.88. The van der Waals surface area contributed by atoms with E-state index in [2.05, 4.69) is 34.6 Å². The number of hydrogen-bond donors (Lipinski definition) is 1. The van der Waals surface area contributed by atoms with Crippen molar-refractivity contribution in [3.63, 3.8) is 0 Å². The Morgan fingerprint density at radius 1 is 0.839 bits per heavy atom. The van der Waals surface area contributed by atoms with Crippen LogP contribution in [0.5, 0.6) is 0 Å². The summed E-state index contributed by atoms with van der Waals surface area (Å²) in [7, 11) is 0. The molecule has 0 bridgehead atoms. The molecule has 0 aliphatic carbocycles. The molecule has 158 valence electrons. The fourth-order valence-electron chi connectivity index (χ4n) is 3.95. The number of rotatable bonds is 5. The second kappa shape index (κ2) is 8.22. The summed E-state index contributed by atoms with van der Waals surface area (Å²) in [4.78, 5) is 13.2. The number of para-hydroxylation sites is 1. The Bertz CT molecular complexity index is 1250. The van der Waals surface area contributed by atoms with Crippen LogP contribution < -0.4 is 5.32 Å². The second-order valence-corrected chi connectivity index (χ2v) is 7.88. The molecule has 2 aromatic heterocycles. The van der Waals surface area contributed by atoms with Crippen LogP contribution in [0.1, 0.15) is 44.3 Å². The van der Waals surface area contributed by atoms with Crippen LogP contribution in [0.25, 0.3) is 5.69 Å². The maximum Gasteiger partial charge on any atom is 0.259 e. The minimum Gasteiger partial charge on any atom is -0.319 e. The first-order valence-electron chi connectivity index (χ1n) is 10.4. The van der Waals surface area contributed by atoms with E-state index in [1.165, 1.54) is 11.1 Å². The van der Waals surface area contributed by atoms with Crippen molar-refractivity contribution < 1.29 is 4.79 Å². The van der Waals surface area contributed by atoms with Crippen molar-refractivity contribution >= 4 is 11.6 Å². The number of carbonyl (C=O) groups excluding carboxylic acids is 1. The van der Waals surface area contributed by atoms with E-state index in [0.29, 0.717) is 17.8 Å². The monoisotopic (exact) mass is 413 g/mol. The zero-order valence-electron chi connectivity index (χ0n) is 18.6. The predicted octanol–water partition coefficient (Wildman–Crippen LogP) is 4.91. The lowest BCUT2D eigenvalue weighted by molar-refractivity contribution is 0.102. The molecule has 0 radical (unpaired) electrons. The van der Waals surface area contributed by atoms with E-state index in [4.69, 9.17) is 0 Å². The molecule has 2 aromatic carbocycles.